The van der Waals surface area contributed by atoms with Gasteiger partial charge in [-0.3, -0.25) is 9.69 Å². The fraction of sp³-hybridized carbons (Fsp3) is 0.278. The molecule has 2 aromatic carbocycles. The molecule has 0 unspecified atom stereocenters. The number of ether oxygens (including phenoxy) is 1. The van der Waals surface area contributed by atoms with Crippen LogP contribution in [-0.4, -0.2) is 37.1 Å². The molecule has 0 bridgehead atoms. The molecule has 4 nitrogen and oxygen atoms in total. The van der Waals surface area contributed by atoms with E-state index in [4.69, 9.17) is 4.74 Å². The summed E-state index contributed by atoms with van der Waals surface area (Å²) in [6.07, 6.45) is 0. The van der Waals surface area contributed by atoms with Crippen LogP contribution in [0.4, 0.5) is 10.1 Å². The van der Waals surface area contributed by atoms with Crippen LogP contribution in [0.1, 0.15) is 15.9 Å². The summed E-state index contributed by atoms with van der Waals surface area (Å²) >= 11 is 0. The number of anilines is 1. The molecular weight excluding hydrogens is 295 g/mol. The predicted molar refractivity (Wildman–Crippen MR) is 86.9 cm³/mol. The van der Waals surface area contributed by atoms with Gasteiger partial charge in [0.1, 0.15) is 5.82 Å². The molecule has 5 heteroatoms. The number of rotatable bonds is 4. The summed E-state index contributed by atoms with van der Waals surface area (Å²) in [5.74, 6) is -0.608. The molecule has 23 heavy (non-hydrogen) atoms. The molecule has 1 aliphatic heterocycles. The van der Waals surface area contributed by atoms with Gasteiger partial charge in [0.2, 0.25) is 0 Å². The molecule has 2 aromatic rings. The summed E-state index contributed by atoms with van der Waals surface area (Å²) in [5, 5.41) is 2.72. The van der Waals surface area contributed by atoms with E-state index in [1.165, 1.54) is 12.1 Å². The molecule has 1 fully saturated rings. The number of halogens is 1. The van der Waals surface area contributed by atoms with Crippen LogP contribution in [0.3, 0.4) is 0 Å². The molecule has 120 valence electrons. The Labute approximate surface area is 134 Å². The van der Waals surface area contributed by atoms with Gasteiger partial charge in [-0.05, 0) is 35.9 Å². The second-order valence-electron chi connectivity index (χ2n) is 5.55. The summed E-state index contributed by atoms with van der Waals surface area (Å²) in [6, 6.07) is 13.4. The van der Waals surface area contributed by atoms with Crippen LogP contribution in [0, 0.1) is 5.82 Å². The number of nitrogens with zero attached hydrogens (tertiary/aromatic N) is 1. The first-order chi connectivity index (χ1) is 11.2. The Bertz CT molecular complexity index is 684. The highest BCUT2D eigenvalue weighted by molar-refractivity contribution is 6.04. The van der Waals surface area contributed by atoms with E-state index in [-0.39, 0.29) is 11.7 Å². The van der Waals surface area contributed by atoms with Gasteiger partial charge in [0, 0.05) is 30.9 Å². The zero-order valence-electron chi connectivity index (χ0n) is 12.8. The van der Waals surface area contributed by atoms with Gasteiger partial charge in [-0.1, -0.05) is 18.2 Å². The molecule has 1 aliphatic rings. The quantitative estimate of drug-likeness (QED) is 0.943. The Hall–Kier alpha value is -2.24. The van der Waals surface area contributed by atoms with Crippen LogP contribution in [0.5, 0.6) is 0 Å². The SMILES string of the molecule is O=C(Nc1cccc(F)c1)c1cccc(CN2CCOCC2)c1. The molecule has 1 N–H and O–H groups in total. The third-order valence-electron chi connectivity index (χ3n) is 3.78. The number of morpholine rings is 1. The lowest BCUT2D eigenvalue weighted by molar-refractivity contribution is 0.0342. The van der Waals surface area contributed by atoms with Crippen molar-refractivity contribution in [3.63, 3.8) is 0 Å². The molecule has 1 heterocycles. The number of hydrogen-bond acceptors (Lipinski definition) is 3. The van der Waals surface area contributed by atoms with Crippen molar-refractivity contribution in [2.45, 2.75) is 6.54 Å². The lowest BCUT2D eigenvalue weighted by Crippen LogP contribution is -2.35. The van der Waals surface area contributed by atoms with Crippen molar-refractivity contribution in [3.05, 3.63) is 65.5 Å². The Morgan fingerprint density at radius 1 is 1.13 bits per heavy atom. The molecular formula is C18H19FN2O2. The highest BCUT2D eigenvalue weighted by Crippen LogP contribution is 2.14. The predicted octanol–water partition coefficient (Wildman–Crippen LogP) is 2.91. The Balaban J connectivity index is 1.67. The Morgan fingerprint density at radius 3 is 2.70 bits per heavy atom. The first-order valence-corrected chi connectivity index (χ1v) is 7.67. The topological polar surface area (TPSA) is 41.6 Å². The molecule has 0 spiro atoms. The van der Waals surface area contributed by atoms with Gasteiger partial charge < -0.3 is 10.1 Å². The van der Waals surface area contributed by atoms with Gasteiger partial charge in [-0.2, -0.15) is 0 Å². The molecule has 0 saturated carbocycles. The van der Waals surface area contributed by atoms with Crippen LogP contribution in [0.25, 0.3) is 0 Å². The van der Waals surface area contributed by atoms with Crippen LogP contribution in [0.2, 0.25) is 0 Å². The average molecular weight is 314 g/mol. The minimum absolute atomic E-state index is 0.237. The second kappa shape index (κ2) is 7.35. The van der Waals surface area contributed by atoms with Gasteiger partial charge in [0.15, 0.2) is 0 Å². The maximum absolute atomic E-state index is 13.2. The first-order valence-electron chi connectivity index (χ1n) is 7.67. The molecule has 0 aliphatic carbocycles. The number of carbonyl (C=O) groups is 1. The van der Waals surface area contributed by atoms with Gasteiger partial charge in [0.05, 0.1) is 13.2 Å². The highest BCUT2D eigenvalue weighted by Gasteiger charge is 2.12. The lowest BCUT2D eigenvalue weighted by atomic mass is 10.1. The number of hydrogen-bond donors (Lipinski definition) is 1. The van der Waals surface area contributed by atoms with E-state index < -0.39 is 0 Å². The standard InChI is InChI=1S/C18H19FN2O2/c19-16-5-2-6-17(12-16)20-18(22)15-4-1-3-14(11-15)13-21-7-9-23-10-8-21/h1-6,11-12H,7-10,13H2,(H,20,22). The lowest BCUT2D eigenvalue weighted by Gasteiger charge is -2.26. The smallest absolute Gasteiger partial charge is 0.255 e. The minimum atomic E-state index is -0.371. The van der Waals surface area contributed by atoms with Crippen molar-refractivity contribution in [1.82, 2.24) is 4.90 Å². The van der Waals surface area contributed by atoms with E-state index in [1.54, 1.807) is 18.2 Å². The summed E-state index contributed by atoms with van der Waals surface area (Å²) < 4.78 is 18.5. The van der Waals surface area contributed by atoms with Crippen LogP contribution >= 0.6 is 0 Å². The second-order valence-corrected chi connectivity index (χ2v) is 5.55. The molecule has 1 amide bonds. The zero-order valence-corrected chi connectivity index (χ0v) is 12.8. The summed E-state index contributed by atoms with van der Waals surface area (Å²) in [4.78, 5) is 14.6. The van der Waals surface area contributed by atoms with Crippen molar-refractivity contribution >= 4 is 11.6 Å². The van der Waals surface area contributed by atoms with Crippen molar-refractivity contribution in [2.24, 2.45) is 0 Å². The van der Waals surface area contributed by atoms with Crippen molar-refractivity contribution < 1.29 is 13.9 Å². The molecule has 0 radical (unpaired) electrons. The van der Waals surface area contributed by atoms with E-state index in [0.717, 1.165) is 38.4 Å². The first kappa shape index (κ1) is 15.6. The number of amides is 1. The van der Waals surface area contributed by atoms with Gasteiger partial charge >= 0.3 is 0 Å². The fourth-order valence-corrected chi connectivity index (χ4v) is 2.60. The Kier molecular flexibility index (Phi) is 5.00. The number of nitrogens with one attached hydrogen (secondary N) is 1. The minimum Gasteiger partial charge on any atom is -0.379 e. The van der Waals surface area contributed by atoms with E-state index in [9.17, 15) is 9.18 Å². The van der Waals surface area contributed by atoms with Crippen molar-refractivity contribution in [2.75, 3.05) is 31.6 Å². The number of benzene rings is 2. The monoisotopic (exact) mass is 314 g/mol. The van der Waals surface area contributed by atoms with Gasteiger partial charge in [-0.15, -0.1) is 0 Å². The van der Waals surface area contributed by atoms with Crippen molar-refractivity contribution in [3.8, 4) is 0 Å². The van der Waals surface area contributed by atoms with Gasteiger partial charge in [-0.25, -0.2) is 4.39 Å². The molecule has 3 rings (SSSR count). The third-order valence-corrected chi connectivity index (χ3v) is 3.78. The van der Waals surface area contributed by atoms with E-state index in [0.29, 0.717) is 11.3 Å². The highest BCUT2D eigenvalue weighted by atomic mass is 19.1. The van der Waals surface area contributed by atoms with Crippen LogP contribution in [-0.2, 0) is 11.3 Å². The normalized spacial score (nSPS) is 15.3. The summed E-state index contributed by atoms with van der Waals surface area (Å²) in [5.41, 5.74) is 2.10. The molecule has 1 saturated heterocycles. The maximum Gasteiger partial charge on any atom is 0.255 e. The average Bonchev–Trinajstić information content (AvgIpc) is 2.56. The number of carbonyl (C=O) groups excluding carboxylic acids is 1. The van der Waals surface area contributed by atoms with Crippen LogP contribution < -0.4 is 5.32 Å². The zero-order chi connectivity index (χ0) is 16.1. The maximum atomic E-state index is 13.2. The van der Waals surface area contributed by atoms with E-state index >= 15 is 0 Å². The largest absolute Gasteiger partial charge is 0.379 e. The third kappa shape index (κ3) is 4.37. The molecule has 0 atom stereocenters. The fourth-order valence-electron chi connectivity index (χ4n) is 2.60. The van der Waals surface area contributed by atoms with Crippen LogP contribution in [0.15, 0.2) is 48.5 Å². The van der Waals surface area contributed by atoms with E-state index in [1.807, 2.05) is 18.2 Å². The Morgan fingerprint density at radius 2 is 1.91 bits per heavy atom. The summed E-state index contributed by atoms with van der Waals surface area (Å²) in [7, 11) is 0. The van der Waals surface area contributed by atoms with Crippen molar-refractivity contribution in [1.29, 1.82) is 0 Å². The van der Waals surface area contributed by atoms with E-state index in [2.05, 4.69) is 10.2 Å². The van der Waals surface area contributed by atoms with Gasteiger partial charge in [0.25, 0.3) is 5.91 Å². The summed E-state index contributed by atoms with van der Waals surface area (Å²) in [6.45, 7) is 4.10. The molecule has 0 aromatic heterocycles.